The number of rotatable bonds is 2. The van der Waals surface area contributed by atoms with Crippen molar-refractivity contribution in [1.29, 1.82) is 0 Å². The van der Waals surface area contributed by atoms with E-state index in [-0.39, 0.29) is 0 Å². The lowest BCUT2D eigenvalue weighted by atomic mass is 9.99. The summed E-state index contributed by atoms with van der Waals surface area (Å²) in [4.78, 5) is 4.13. The van der Waals surface area contributed by atoms with Crippen LogP contribution >= 0.6 is 0 Å². The molecule has 0 amide bonds. The second-order valence-electron chi connectivity index (χ2n) is 5.14. The Bertz CT molecular complexity index is 365. The Balaban J connectivity index is 1.69. The summed E-state index contributed by atoms with van der Waals surface area (Å²) in [5, 5.41) is 7.34. The fraction of sp³-hybridized carbons (Fsp3) is 0.615. The van der Waals surface area contributed by atoms with Crippen LogP contribution in [0.2, 0.25) is 0 Å². The molecule has 1 aromatic rings. The summed E-state index contributed by atoms with van der Waals surface area (Å²) in [5.41, 5.74) is 2.50. The van der Waals surface area contributed by atoms with Gasteiger partial charge in [-0.15, -0.1) is 0 Å². The van der Waals surface area contributed by atoms with Crippen LogP contribution in [-0.4, -0.2) is 23.1 Å². The molecule has 3 nitrogen and oxygen atoms in total. The van der Waals surface area contributed by atoms with E-state index >= 15 is 0 Å². The molecule has 3 heterocycles. The lowest BCUT2D eigenvalue weighted by Gasteiger charge is -2.30. The minimum absolute atomic E-state index is 0.639. The predicted octanol–water partition coefficient (Wildman–Crippen LogP) is 2.08. The Labute approximate surface area is 96.7 Å². The van der Waals surface area contributed by atoms with E-state index in [2.05, 4.69) is 28.6 Å². The molecular formula is C13H19N3. The van der Waals surface area contributed by atoms with Crippen LogP contribution in [0.3, 0.4) is 0 Å². The van der Waals surface area contributed by atoms with Crippen molar-refractivity contribution >= 4 is 5.69 Å². The fourth-order valence-electron chi connectivity index (χ4n) is 3.03. The third-order valence-corrected chi connectivity index (χ3v) is 3.85. The summed E-state index contributed by atoms with van der Waals surface area (Å²) < 4.78 is 0. The highest BCUT2D eigenvalue weighted by molar-refractivity contribution is 5.49. The minimum atomic E-state index is 0.639. The molecule has 2 unspecified atom stereocenters. The predicted molar refractivity (Wildman–Crippen MR) is 65.6 cm³/mol. The van der Waals surface area contributed by atoms with Crippen molar-refractivity contribution in [1.82, 2.24) is 10.3 Å². The zero-order valence-electron chi connectivity index (χ0n) is 9.74. The first kappa shape index (κ1) is 10.1. The molecule has 1 aromatic heterocycles. The first-order valence-corrected chi connectivity index (χ1v) is 6.24. The molecular weight excluding hydrogens is 198 g/mol. The van der Waals surface area contributed by atoms with E-state index in [0.29, 0.717) is 6.04 Å². The van der Waals surface area contributed by atoms with Crippen molar-refractivity contribution in [2.45, 2.75) is 50.7 Å². The normalized spacial score (nSPS) is 32.7. The molecule has 2 aliphatic heterocycles. The Morgan fingerprint density at radius 1 is 1.31 bits per heavy atom. The van der Waals surface area contributed by atoms with Crippen LogP contribution in [0.4, 0.5) is 5.69 Å². The summed E-state index contributed by atoms with van der Waals surface area (Å²) in [7, 11) is 0. The second kappa shape index (κ2) is 4.06. The van der Waals surface area contributed by atoms with E-state index in [1.807, 2.05) is 12.4 Å². The van der Waals surface area contributed by atoms with E-state index < -0.39 is 0 Å². The standard InChI is InChI=1S/C13H19N3/c1-9-8-14-5-4-13(9)16-12-6-10-2-3-11(7-12)15-10/h4-5,8,10-12,15H,2-3,6-7H2,1H3,(H,14,16). The molecule has 2 N–H and O–H groups in total. The fourth-order valence-corrected chi connectivity index (χ4v) is 3.03. The zero-order valence-corrected chi connectivity index (χ0v) is 9.74. The third kappa shape index (κ3) is 1.92. The van der Waals surface area contributed by atoms with Crippen LogP contribution in [0.15, 0.2) is 18.5 Å². The van der Waals surface area contributed by atoms with Crippen molar-refractivity contribution in [3.05, 3.63) is 24.0 Å². The molecule has 0 radical (unpaired) electrons. The lowest BCUT2D eigenvalue weighted by molar-refractivity contribution is 0.378. The molecule has 86 valence electrons. The van der Waals surface area contributed by atoms with Crippen LogP contribution in [0.1, 0.15) is 31.2 Å². The van der Waals surface area contributed by atoms with Gasteiger partial charge in [0.25, 0.3) is 0 Å². The molecule has 3 heteroatoms. The Morgan fingerprint density at radius 2 is 2.06 bits per heavy atom. The Kier molecular flexibility index (Phi) is 2.56. The topological polar surface area (TPSA) is 37.0 Å². The van der Waals surface area contributed by atoms with Crippen LogP contribution in [0.25, 0.3) is 0 Å². The number of aryl methyl sites for hydroxylation is 1. The number of nitrogens with zero attached hydrogens (tertiary/aromatic N) is 1. The summed E-state index contributed by atoms with van der Waals surface area (Å²) >= 11 is 0. The van der Waals surface area contributed by atoms with Crippen LogP contribution in [0.5, 0.6) is 0 Å². The smallest absolute Gasteiger partial charge is 0.0402 e. The minimum Gasteiger partial charge on any atom is -0.382 e. The summed E-state index contributed by atoms with van der Waals surface area (Å²) in [5.74, 6) is 0. The second-order valence-corrected chi connectivity index (χ2v) is 5.14. The number of anilines is 1. The quantitative estimate of drug-likeness (QED) is 0.796. The van der Waals surface area contributed by atoms with Gasteiger partial charge in [0.05, 0.1) is 0 Å². The van der Waals surface area contributed by atoms with Gasteiger partial charge in [-0.25, -0.2) is 0 Å². The summed E-state index contributed by atoms with van der Waals surface area (Å²) in [6, 6.07) is 4.22. The van der Waals surface area contributed by atoms with Gasteiger partial charge in [0.1, 0.15) is 0 Å². The number of piperidine rings is 1. The number of hydrogen-bond donors (Lipinski definition) is 2. The van der Waals surface area contributed by atoms with Crippen molar-refractivity contribution in [3.63, 3.8) is 0 Å². The highest BCUT2D eigenvalue weighted by Gasteiger charge is 2.33. The molecule has 2 atom stereocenters. The van der Waals surface area contributed by atoms with Gasteiger partial charge in [0.15, 0.2) is 0 Å². The van der Waals surface area contributed by atoms with E-state index in [1.54, 1.807) is 0 Å². The van der Waals surface area contributed by atoms with Gasteiger partial charge in [-0.3, -0.25) is 4.98 Å². The number of pyridine rings is 1. The van der Waals surface area contributed by atoms with Gasteiger partial charge in [-0.05, 0) is 44.2 Å². The molecule has 3 rings (SSSR count). The van der Waals surface area contributed by atoms with Gasteiger partial charge >= 0.3 is 0 Å². The van der Waals surface area contributed by atoms with Gasteiger partial charge in [0.2, 0.25) is 0 Å². The molecule has 0 saturated carbocycles. The number of aromatic nitrogens is 1. The highest BCUT2D eigenvalue weighted by atomic mass is 15.0. The molecule has 2 fully saturated rings. The number of hydrogen-bond acceptors (Lipinski definition) is 3. The average molecular weight is 217 g/mol. The zero-order chi connectivity index (χ0) is 11.0. The summed E-state index contributed by atoms with van der Waals surface area (Å²) in [6.07, 6.45) is 9.04. The molecule has 16 heavy (non-hydrogen) atoms. The average Bonchev–Trinajstić information content (AvgIpc) is 2.62. The third-order valence-electron chi connectivity index (χ3n) is 3.85. The highest BCUT2D eigenvalue weighted by Crippen LogP contribution is 2.29. The lowest BCUT2D eigenvalue weighted by Crippen LogP contribution is -2.43. The molecule has 2 aliphatic rings. The van der Waals surface area contributed by atoms with Crippen molar-refractivity contribution < 1.29 is 0 Å². The largest absolute Gasteiger partial charge is 0.382 e. The Morgan fingerprint density at radius 3 is 2.75 bits per heavy atom. The van der Waals surface area contributed by atoms with E-state index in [4.69, 9.17) is 0 Å². The van der Waals surface area contributed by atoms with Crippen molar-refractivity contribution in [3.8, 4) is 0 Å². The van der Waals surface area contributed by atoms with Gasteiger partial charge in [0, 0.05) is 36.2 Å². The SMILES string of the molecule is Cc1cnccc1NC1CC2CCC(C1)N2. The van der Waals surface area contributed by atoms with Crippen LogP contribution in [0, 0.1) is 6.92 Å². The van der Waals surface area contributed by atoms with Crippen LogP contribution < -0.4 is 10.6 Å². The molecule has 2 saturated heterocycles. The van der Waals surface area contributed by atoms with Crippen molar-refractivity contribution in [2.75, 3.05) is 5.32 Å². The number of nitrogens with one attached hydrogen (secondary N) is 2. The first-order valence-electron chi connectivity index (χ1n) is 6.24. The summed E-state index contributed by atoms with van der Waals surface area (Å²) in [6.45, 7) is 2.12. The van der Waals surface area contributed by atoms with E-state index in [1.165, 1.54) is 36.9 Å². The molecule has 0 spiro atoms. The maximum absolute atomic E-state index is 4.13. The molecule has 0 aliphatic carbocycles. The Hall–Kier alpha value is -1.09. The van der Waals surface area contributed by atoms with Gasteiger partial charge in [-0.2, -0.15) is 0 Å². The van der Waals surface area contributed by atoms with Crippen LogP contribution in [-0.2, 0) is 0 Å². The maximum atomic E-state index is 4.13. The van der Waals surface area contributed by atoms with E-state index in [9.17, 15) is 0 Å². The van der Waals surface area contributed by atoms with Gasteiger partial charge < -0.3 is 10.6 Å². The first-order chi connectivity index (χ1) is 7.81. The molecule has 0 aromatic carbocycles. The van der Waals surface area contributed by atoms with Gasteiger partial charge in [-0.1, -0.05) is 0 Å². The molecule has 2 bridgehead atoms. The maximum Gasteiger partial charge on any atom is 0.0402 e. The number of fused-ring (bicyclic) bond motifs is 2. The monoisotopic (exact) mass is 217 g/mol. The van der Waals surface area contributed by atoms with E-state index in [0.717, 1.165) is 12.1 Å². The van der Waals surface area contributed by atoms with Crippen molar-refractivity contribution in [2.24, 2.45) is 0 Å².